The third kappa shape index (κ3) is 11.4. The number of fused-ring (bicyclic) bond motifs is 1. The molecule has 4 aromatic rings. The maximum atomic E-state index is 13.4. The molecule has 2 aromatic heterocycles. The van der Waals surface area contributed by atoms with Gasteiger partial charge in [0.1, 0.15) is 6.61 Å². The van der Waals surface area contributed by atoms with E-state index in [1.54, 1.807) is 7.11 Å². The van der Waals surface area contributed by atoms with Gasteiger partial charge < -0.3 is 38.1 Å². The fraction of sp³-hybridized carbons (Fsp3) is 0.588. The number of anilines is 2. The quantitative estimate of drug-likeness (QED) is 0.0926. The molecule has 1 aliphatic carbocycles. The van der Waals surface area contributed by atoms with Crippen LogP contribution in [0, 0.1) is 5.41 Å². The second kappa shape index (κ2) is 19.8. The number of carboxylic acids is 1. The smallest absolute Gasteiger partial charge is 0.409 e. The number of benzene rings is 2. The topological polar surface area (TPSA) is 131 Å². The summed E-state index contributed by atoms with van der Waals surface area (Å²) in [6.45, 7) is 27.0. The highest BCUT2D eigenvalue weighted by Crippen LogP contribution is 2.44. The summed E-state index contributed by atoms with van der Waals surface area (Å²) < 4.78 is 27.4. The first-order valence-corrected chi connectivity index (χ1v) is 26.6. The lowest BCUT2D eigenvalue weighted by molar-refractivity contribution is -0.140. The first-order valence-electron chi connectivity index (χ1n) is 23.7. The van der Waals surface area contributed by atoms with Gasteiger partial charge in [-0.15, -0.1) is 0 Å². The number of alkyl carbamates (subject to hydrolysis) is 1. The van der Waals surface area contributed by atoms with Crippen molar-refractivity contribution in [3.63, 3.8) is 0 Å². The third-order valence-electron chi connectivity index (χ3n) is 14.2. The molecule has 3 fully saturated rings. The zero-order valence-electron chi connectivity index (χ0n) is 40.7. The average Bonchev–Trinajstić information content (AvgIpc) is 4.10. The molecule has 2 aliphatic heterocycles. The number of nitrogens with one attached hydrogen (secondary N) is 1. The highest BCUT2D eigenvalue weighted by Gasteiger charge is 2.41. The molecule has 2 saturated heterocycles. The number of aryl methyl sites for hydroxylation is 1. The van der Waals surface area contributed by atoms with Crippen LogP contribution in [-0.4, -0.2) is 111 Å². The minimum absolute atomic E-state index is 0.0744. The average molecular weight is 911 g/mol. The van der Waals surface area contributed by atoms with Crippen LogP contribution in [0.15, 0.2) is 60.8 Å². The van der Waals surface area contributed by atoms with Crippen molar-refractivity contribution in [1.29, 1.82) is 0 Å². The van der Waals surface area contributed by atoms with Crippen molar-refractivity contribution in [2.45, 2.75) is 130 Å². The van der Waals surface area contributed by atoms with Crippen LogP contribution in [0.25, 0.3) is 22.2 Å². The Morgan fingerprint density at radius 2 is 1.71 bits per heavy atom. The standard InChI is InChI=1S/C51H74N6O7Si/c1-11-57-44-20-19-39(56-27-28-63-51(34-56,22-21-45(58)59)53-48(60)62-33-37-15-13-12-14-16-37)29-41(44)43(31-50(6,7)35-64-65(9,10)49(3,4)5)47(57)42-30-40(32-52-46(42)36(2)61-8)55-25-23-54(24-26-55)38-17-18-38/h12-16,19-20,29-30,32,36,38H,11,17-18,21-28,31,33-35H2,1-10H3,(H,53,60)(H,58,59)/t36-,51-/m0/s1. The van der Waals surface area contributed by atoms with Gasteiger partial charge in [-0.2, -0.15) is 0 Å². The van der Waals surface area contributed by atoms with Gasteiger partial charge in [-0.1, -0.05) is 65.0 Å². The maximum Gasteiger partial charge on any atom is 0.409 e. The van der Waals surface area contributed by atoms with Gasteiger partial charge in [0.05, 0.1) is 42.5 Å². The molecule has 7 rings (SSSR count). The molecule has 354 valence electrons. The van der Waals surface area contributed by atoms with Crippen LogP contribution in [0.4, 0.5) is 16.2 Å². The number of hydrogen-bond donors (Lipinski definition) is 2. The van der Waals surface area contributed by atoms with E-state index in [1.165, 1.54) is 18.4 Å². The highest BCUT2D eigenvalue weighted by atomic mass is 28.4. The Labute approximate surface area is 387 Å². The highest BCUT2D eigenvalue weighted by molar-refractivity contribution is 6.74. The summed E-state index contributed by atoms with van der Waals surface area (Å²) in [6.07, 6.45) is 4.40. The van der Waals surface area contributed by atoms with E-state index in [9.17, 15) is 14.7 Å². The summed E-state index contributed by atoms with van der Waals surface area (Å²) in [4.78, 5) is 37.9. The molecule has 2 N–H and O–H groups in total. The Morgan fingerprint density at radius 1 is 0.985 bits per heavy atom. The number of aliphatic carboxylic acids is 1. The van der Waals surface area contributed by atoms with Crippen molar-refractivity contribution in [1.82, 2.24) is 19.8 Å². The second-order valence-corrected chi connectivity index (χ2v) is 25.6. The molecule has 1 amide bonds. The molecule has 2 aromatic carbocycles. The molecule has 0 radical (unpaired) electrons. The minimum atomic E-state index is -2.06. The van der Waals surface area contributed by atoms with E-state index in [0.717, 1.165) is 90.0 Å². The maximum absolute atomic E-state index is 13.4. The van der Waals surface area contributed by atoms with Crippen molar-refractivity contribution in [2.75, 3.05) is 69.4 Å². The van der Waals surface area contributed by atoms with Gasteiger partial charge in [0.2, 0.25) is 0 Å². The van der Waals surface area contributed by atoms with E-state index in [1.807, 2.05) is 36.5 Å². The number of aromatic nitrogens is 2. The van der Waals surface area contributed by atoms with Gasteiger partial charge in [0, 0.05) is 94.0 Å². The first kappa shape index (κ1) is 48.5. The molecule has 0 bridgehead atoms. The number of carbonyl (C=O) groups is 2. The van der Waals surface area contributed by atoms with E-state index < -0.39 is 26.1 Å². The lowest BCUT2D eigenvalue weighted by atomic mass is 9.84. The van der Waals surface area contributed by atoms with Gasteiger partial charge in [0.25, 0.3) is 0 Å². The number of carboxylic acid groups (broad SMARTS) is 1. The van der Waals surface area contributed by atoms with Crippen LogP contribution < -0.4 is 15.1 Å². The summed E-state index contributed by atoms with van der Waals surface area (Å²) in [7, 11) is -0.306. The largest absolute Gasteiger partial charge is 0.481 e. The molecule has 65 heavy (non-hydrogen) atoms. The van der Waals surface area contributed by atoms with Crippen molar-refractivity contribution in [3.05, 3.63) is 77.6 Å². The number of amides is 1. The number of morpholine rings is 1. The number of carbonyl (C=O) groups excluding carboxylic acids is 1. The lowest BCUT2D eigenvalue weighted by Crippen LogP contribution is -2.62. The SMILES string of the molecule is CCn1c(-c2cc(N3CCN(C4CC4)CC3)cnc2[C@H](C)OC)c(CC(C)(C)CO[Si](C)(C)C(C)(C)C)c2cc(N3CCO[C@](CCC(=O)O)(NC(=O)OCc4ccccc4)C3)ccc21. The predicted molar refractivity (Wildman–Crippen MR) is 261 cm³/mol. The monoisotopic (exact) mass is 911 g/mol. The Kier molecular flexibility index (Phi) is 14.7. The third-order valence-corrected chi connectivity index (χ3v) is 18.7. The Bertz CT molecular complexity index is 2280. The summed E-state index contributed by atoms with van der Waals surface area (Å²) in [5.74, 6) is -0.967. The number of piperazine rings is 1. The molecule has 1 saturated carbocycles. The molecule has 0 unspecified atom stereocenters. The van der Waals surface area contributed by atoms with E-state index in [-0.39, 0.29) is 49.2 Å². The van der Waals surface area contributed by atoms with Gasteiger partial charge in [-0.05, 0) is 92.0 Å². The molecule has 13 nitrogen and oxygen atoms in total. The minimum Gasteiger partial charge on any atom is -0.481 e. The van der Waals surface area contributed by atoms with E-state index >= 15 is 0 Å². The lowest BCUT2D eigenvalue weighted by Gasteiger charge is -2.43. The Balaban J connectivity index is 1.30. The van der Waals surface area contributed by atoms with Crippen LogP contribution in [0.5, 0.6) is 0 Å². The Morgan fingerprint density at radius 3 is 2.35 bits per heavy atom. The van der Waals surface area contributed by atoms with Crippen molar-refractivity contribution in [3.8, 4) is 11.3 Å². The summed E-state index contributed by atoms with van der Waals surface area (Å²) >= 11 is 0. The van der Waals surface area contributed by atoms with Crippen LogP contribution >= 0.6 is 0 Å². The normalized spacial score (nSPS) is 19.4. The summed E-state index contributed by atoms with van der Waals surface area (Å²) in [5.41, 5.74) is 6.89. The number of hydrogen-bond acceptors (Lipinski definition) is 10. The number of pyridine rings is 1. The van der Waals surface area contributed by atoms with Crippen molar-refractivity contribution in [2.24, 2.45) is 5.41 Å². The number of rotatable bonds is 18. The Hall–Kier alpha value is -4.47. The van der Waals surface area contributed by atoms with Crippen molar-refractivity contribution < 1.29 is 33.3 Å². The van der Waals surface area contributed by atoms with Gasteiger partial charge in [-0.25, -0.2) is 4.79 Å². The van der Waals surface area contributed by atoms with Crippen LogP contribution in [0.3, 0.4) is 0 Å². The van der Waals surface area contributed by atoms with Crippen LogP contribution in [0.1, 0.15) is 97.1 Å². The van der Waals surface area contributed by atoms with Gasteiger partial charge in [0.15, 0.2) is 14.0 Å². The predicted octanol–water partition coefficient (Wildman–Crippen LogP) is 9.63. The summed E-state index contributed by atoms with van der Waals surface area (Å²) in [6, 6.07) is 19.2. The molecule has 4 heterocycles. The molecular weight excluding hydrogens is 837 g/mol. The van der Waals surface area contributed by atoms with Crippen LogP contribution in [-0.2, 0) is 43.0 Å². The molecular formula is C51H74N6O7Si. The second-order valence-electron chi connectivity index (χ2n) is 20.8. The first-order chi connectivity index (χ1) is 30.8. The number of methoxy groups -OCH3 is 1. The molecule has 2 atom stereocenters. The molecule has 3 aliphatic rings. The van der Waals surface area contributed by atoms with E-state index in [0.29, 0.717) is 13.2 Å². The zero-order valence-corrected chi connectivity index (χ0v) is 41.7. The zero-order chi connectivity index (χ0) is 46.7. The van der Waals surface area contributed by atoms with E-state index in [4.69, 9.17) is 23.6 Å². The summed E-state index contributed by atoms with van der Waals surface area (Å²) in [5, 5.41) is 14.0. The fourth-order valence-corrected chi connectivity index (χ4v) is 10.3. The van der Waals surface area contributed by atoms with E-state index in [2.05, 4.69) is 110 Å². The number of nitrogens with zero attached hydrogens (tertiary/aromatic N) is 5. The molecule has 14 heteroatoms. The molecule has 0 spiro atoms. The van der Waals surface area contributed by atoms with Crippen LogP contribution in [0.2, 0.25) is 18.1 Å². The number of ether oxygens (including phenoxy) is 3. The van der Waals surface area contributed by atoms with Gasteiger partial charge in [-0.3, -0.25) is 20.0 Å². The van der Waals surface area contributed by atoms with Crippen molar-refractivity contribution >= 4 is 42.7 Å². The fourth-order valence-electron chi connectivity index (χ4n) is 9.14. The van der Waals surface area contributed by atoms with Gasteiger partial charge >= 0.3 is 12.1 Å².